The monoisotopic (exact) mass is 229 g/mol. The molecule has 1 N–H and O–H groups in total. The summed E-state index contributed by atoms with van der Waals surface area (Å²) < 4.78 is 0. The van der Waals surface area contributed by atoms with Crippen LogP contribution in [0.2, 0.25) is 0 Å². The smallest absolute Gasteiger partial charge is 0.0118 e. The van der Waals surface area contributed by atoms with Gasteiger partial charge in [-0.1, -0.05) is 26.7 Å². The van der Waals surface area contributed by atoms with Crippen LogP contribution in [0, 0.1) is 5.41 Å². The number of rotatable bonds is 6. The van der Waals surface area contributed by atoms with Crippen LogP contribution in [0.15, 0.2) is 0 Å². The first-order valence-corrected chi connectivity index (χ1v) is 7.78. The van der Waals surface area contributed by atoms with E-state index in [4.69, 9.17) is 0 Å². The van der Waals surface area contributed by atoms with Gasteiger partial charge in [0, 0.05) is 6.04 Å². The molecule has 0 aromatic rings. The molecule has 0 aliphatic heterocycles. The molecule has 1 aliphatic rings. The van der Waals surface area contributed by atoms with Crippen LogP contribution in [0.25, 0.3) is 0 Å². The Kier molecular flexibility index (Phi) is 6.06. The molecule has 15 heavy (non-hydrogen) atoms. The molecule has 2 heteroatoms. The number of hydrogen-bond donors (Lipinski definition) is 1. The molecule has 1 nitrogen and oxygen atoms in total. The average molecular weight is 229 g/mol. The largest absolute Gasteiger partial charge is 0.313 e. The fraction of sp³-hybridized carbons (Fsp3) is 1.00. The van der Waals surface area contributed by atoms with Gasteiger partial charge in [0.25, 0.3) is 0 Å². The van der Waals surface area contributed by atoms with E-state index in [0.717, 1.165) is 6.04 Å². The summed E-state index contributed by atoms with van der Waals surface area (Å²) in [5, 5.41) is 3.76. The van der Waals surface area contributed by atoms with Crippen molar-refractivity contribution < 1.29 is 0 Å². The zero-order valence-corrected chi connectivity index (χ0v) is 11.5. The van der Waals surface area contributed by atoms with Gasteiger partial charge in [-0.15, -0.1) is 0 Å². The van der Waals surface area contributed by atoms with Crippen molar-refractivity contribution in [1.82, 2.24) is 5.32 Å². The van der Waals surface area contributed by atoms with Crippen molar-refractivity contribution in [2.45, 2.75) is 58.4 Å². The Hall–Kier alpha value is 0.310. The van der Waals surface area contributed by atoms with E-state index >= 15 is 0 Å². The molecule has 0 radical (unpaired) electrons. The molecular formula is C13H27NS. The van der Waals surface area contributed by atoms with E-state index in [1.807, 2.05) is 11.8 Å². The highest BCUT2D eigenvalue weighted by atomic mass is 32.2. The summed E-state index contributed by atoms with van der Waals surface area (Å²) in [5.74, 6) is 1.32. The highest BCUT2D eigenvalue weighted by Gasteiger charge is 2.31. The third-order valence-corrected chi connectivity index (χ3v) is 4.37. The highest BCUT2D eigenvalue weighted by Crippen LogP contribution is 2.35. The molecule has 1 unspecified atom stereocenters. The van der Waals surface area contributed by atoms with Gasteiger partial charge < -0.3 is 5.32 Å². The Morgan fingerprint density at radius 1 is 1.27 bits per heavy atom. The first kappa shape index (κ1) is 13.4. The van der Waals surface area contributed by atoms with Crippen LogP contribution in [0.3, 0.4) is 0 Å². The number of thioether (sulfide) groups is 1. The molecule has 1 saturated carbocycles. The van der Waals surface area contributed by atoms with Gasteiger partial charge >= 0.3 is 0 Å². The Labute approximate surface area is 99.8 Å². The van der Waals surface area contributed by atoms with Crippen molar-refractivity contribution in [3.8, 4) is 0 Å². The second-order valence-electron chi connectivity index (χ2n) is 5.44. The summed E-state index contributed by atoms with van der Waals surface area (Å²) in [6.07, 6.45) is 10.5. The minimum atomic E-state index is 0.526. The topological polar surface area (TPSA) is 12.0 Å². The quantitative estimate of drug-likeness (QED) is 0.697. The van der Waals surface area contributed by atoms with Crippen molar-refractivity contribution in [2.24, 2.45) is 5.41 Å². The van der Waals surface area contributed by atoms with Gasteiger partial charge in [-0.2, -0.15) is 11.8 Å². The molecule has 1 fully saturated rings. The van der Waals surface area contributed by atoms with Crippen LogP contribution in [0.4, 0.5) is 0 Å². The summed E-state index contributed by atoms with van der Waals surface area (Å²) in [6.45, 7) is 6.06. The Balaban J connectivity index is 2.13. The molecular weight excluding hydrogens is 202 g/mol. The van der Waals surface area contributed by atoms with Gasteiger partial charge in [-0.25, -0.2) is 0 Å². The molecule has 90 valence electrons. The second-order valence-corrected chi connectivity index (χ2v) is 6.43. The van der Waals surface area contributed by atoms with Crippen LogP contribution in [0.1, 0.15) is 52.4 Å². The molecule has 0 aromatic heterocycles. The lowest BCUT2D eigenvalue weighted by Crippen LogP contribution is -2.44. The van der Waals surface area contributed by atoms with E-state index < -0.39 is 0 Å². The van der Waals surface area contributed by atoms with Crippen molar-refractivity contribution >= 4 is 11.8 Å². The maximum absolute atomic E-state index is 3.76. The molecule has 0 aromatic carbocycles. The van der Waals surface area contributed by atoms with E-state index in [1.165, 1.54) is 50.8 Å². The van der Waals surface area contributed by atoms with E-state index in [1.54, 1.807) is 0 Å². The summed E-state index contributed by atoms with van der Waals surface area (Å²) in [4.78, 5) is 0. The molecule has 1 atom stereocenters. The molecule has 1 aliphatic carbocycles. The van der Waals surface area contributed by atoms with Crippen LogP contribution >= 0.6 is 11.8 Å². The summed E-state index contributed by atoms with van der Waals surface area (Å²) in [7, 11) is 0. The van der Waals surface area contributed by atoms with Gasteiger partial charge in [0.2, 0.25) is 0 Å². The summed E-state index contributed by atoms with van der Waals surface area (Å²) in [5.41, 5.74) is 0.526. The summed E-state index contributed by atoms with van der Waals surface area (Å²) in [6, 6.07) is 0.764. The lowest BCUT2D eigenvalue weighted by Gasteiger charge is -2.39. The average Bonchev–Trinajstić information content (AvgIpc) is 2.19. The van der Waals surface area contributed by atoms with E-state index in [2.05, 4.69) is 25.4 Å². The van der Waals surface area contributed by atoms with Gasteiger partial charge in [-0.05, 0) is 49.7 Å². The van der Waals surface area contributed by atoms with Gasteiger partial charge in [0.15, 0.2) is 0 Å². The van der Waals surface area contributed by atoms with Gasteiger partial charge in [0.1, 0.15) is 0 Å². The van der Waals surface area contributed by atoms with E-state index in [-0.39, 0.29) is 0 Å². The fourth-order valence-corrected chi connectivity index (χ4v) is 3.01. The van der Waals surface area contributed by atoms with Gasteiger partial charge in [0.05, 0.1) is 0 Å². The van der Waals surface area contributed by atoms with Crippen LogP contribution in [-0.4, -0.2) is 24.6 Å². The summed E-state index contributed by atoms with van der Waals surface area (Å²) >= 11 is 1.96. The van der Waals surface area contributed by atoms with Crippen molar-refractivity contribution in [2.75, 3.05) is 18.6 Å². The SMILES string of the molecule is CSCCCCNC1CCCCC1(C)C. The lowest BCUT2D eigenvalue weighted by molar-refractivity contribution is 0.168. The second kappa shape index (κ2) is 6.80. The van der Waals surface area contributed by atoms with Crippen LogP contribution in [0.5, 0.6) is 0 Å². The number of nitrogens with one attached hydrogen (secondary N) is 1. The number of unbranched alkanes of at least 4 members (excludes halogenated alkanes) is 1. The lowest BCUT2D eigenvalue weighted by atomic mass is 9.73. The zero-order valence-electron chi connectivity index (χ0n) is 10.6. The molecule has 0 heterocycles. The minimum absolute atomic E-state index is 0.526. The van der Waals surface area contributed by atoms with Crippen LogP contribution in [-0.2, 0) is 0 Å². The minimum Gasteiger partial charge on any atom is -0.313 e. The Morgan fingerprint density at radius 2 is 2.07 bits per heavy atom. The first-order valence-electron chi connectivity index (χ1n) is 6.39. The van der Waals surface area contributed by atoms with E-state index in [9.17, 15) is 0 Å². The third-order valence-electron chi connectivity index (χ3n) is 3.67. The predicted octanol–water partition coefficient (Wildman–Crippen LogP) is 3.69. The molecule has 0 amide bonds. The third kappa shape index (κ3) is 4.78. The molecule has 0 bridgehead atoms. The van der Waals surface area contributed by atoms with Crippen LogP contribution < -0.4 is 5.32 Å². The predicted molar refractivity (Wildman–Crippen MR) is 71.7 cm³/mol. The Bertz CT molecular complexity index is 168. The Morgan fingerprint density at radius 3 is 2.73 bits per heavy atom. The fourth-order valence-electron chi connectivity index (χ4n) is 2.52. The normalized spacial score (nSPS) is 25.4. The van der Waals surface area contributed by atoms with Crippen molar-refractivity contribution in [3.05, 3.63) is 0 Å². The molecule has 0 saturated heterocycles. The highest BCUT2D eigenvalue weighted by molar-refractivity contribution is 7.98. The maximum Gasteiger partial charge on any atom is 0.0118 e. The molecule has 0 spiro atoms. The molecule has 1 rings (SSSR count). The maximum atomic E-state index is 3.76. The zero-order chi connectivity index (χ0) is 11.1. The first-order chi connectivity index (χ1) is 7.17. The van der Waals surface area contributed by atoms with Crippen molar-refractivity contribution in [3.63, 3.8) is 0 Å². The van der Waals surface area contributed by atoms with Crippen molar-refractivity contribution in [1.29, 1.82) is 0 Å². The van der Waals surface area contributed by atoms with E-state index in [0.29, 0.717) is 5.41 Å². The van der Waals surface area contributed by atoms with Gasteiger partial charge in [-0.3, -0.25) is 0 Å². The standard InChI is InChI=1S/C13H27NS/c1-13(2)9-5-4-8-12(13)14-10-6-7-11-15-3/h12,14H,4-11H2,1-3H3. The number of hydrogen-bond acceptors (Lipinski definition) is 2.